The minimum Gasteiger partial charge on any atom is -0.480 e. The lowest BCUT2D eigenvalue weighted by atomic mass is 10.2. The van der Waals surface area contributed by atoms with Crippen LogP contribution in [0, 0.1) is 0 Å². The van der Waals surface area contributed by atoms with Crippen LogP contribution in [0.4, 0.5) is 0 Å². The van der Waals surface area contributed by atoms with E-state index in [9.17, 15) is 4.79 Å². The second kappa shape index (κ2) is 6.68. The van der Waals surface area contributed by atoms with Crippen LogP contribution in [0.5, 0.6) is 0 Å². The third kappa shape index (κ3) is 6.36. The van der Waals surface area contributed by atoms with Crippen LogP contribution < -0.4 is 11.5 Å². The van der Waals surface area contributed by atoms with Crippen molar-refractivity contribution in [3.63, 3.8) is 0 Å². The van der Waals surface area contributed by atoms with Crippen molar-refractivity contribution in [1.29, 1.82) is 0 Å². The number of carboxylic acid groups (broad SMARTS) is 1. The van der Waals surface area contributed by atoms with Gasteiger partial charge in [-0.3, -0.25) is 9.79 Å². The molecule has 0 aliphatic heterocycles. The smallest absolute Gasteiger partial charge is 0.320 e. The van der Waals surface area contributed by atoms with Gasteiger partial charge >= 0.3 is 5.97 Å². The van der Waals surface area contributed by atoms with Crippen molar-refractivity contribution in [2.45, 2.75) is 18.9 Å². The molecule has 0 aromatic heterocycles. The van der Waals surface area contributed by atoms with Crippen molar-refractivity contribution in [2.24, 2.45) is 16.5 Å². The minimum atomic E-state index is -0.991. The first-order valence-electron chi connectivity index (χ1n) is 3.91. The van der Waals surface area contributed by atoms with Crippen LogP contribution in [0.3, 0.4) is 0 Å². The Balaban J connectivity index is 3.51. The summed E-state index contributed by atoms with van der Waals surface area (Å²) in [5, 5.41) is 8.43. The summed E-state index contributed by atoms with van der Waals surface area (Å²) in [5.41, 5.74) is 10.6. The van der Waals surface area contributed by atoms with Gasteiger partial charge in [0.1, 0.15) is 11.9 Å². The SMILES string of the molecule is NC(CCl)=NCCC[C@H](N)C(=O)O. The molecule has 0 aliphatic rings. The average Bonchev–Trinajstić information content (AvgIpc) is 2.11. The van der Waals surface area contributed by atoms with Gasteiger partial charge in [-0.15, -0.1) is 11.6 Å². The lowest BCUT2D eigenvalue weighted by molar-refractivity contribution is -0.138. The Morgan fingerprint density at radius 1 is 1.62 bits per heavy atom. The molecule has 76 valence electrons. The highest BCUT2D eigenvalue weighted by Gasteiger charge is 2.09. The van der Waals surface area contributed by atoms with E-state index in [1.165, 1.54) is 0 Å². The maximum Gasteiger partial charge on any atom is 0.320 e. The summed E-state index contributed by atoms with van der Waals surface area (Å²) in [6.45, 7) is 0.472. The van der Waals surface area contributed by atoms with E-state index >= 15 is 0 Å². The monoisotopic (exact) mass is 207 g/mol. The van der Waals surface area contributed by atoms with E-state index in [0.717, 1.165) is 0 Å². The molecule has 0 saturated carbocycles. The van der Waals surface area contributed by atoms with Gasteiger partial charge in [0.05, 0.1) is 5.88 Å². The Hall–Kier alpha value is -0.810. The fraction of sp³-hybridized carbons (Fsp3) is 0.714. The quantitative estimate of drug-likeness (QED) is 0.242. The molecule has 0 rings (SSSR count). The van der Waals surface area contributed by atoms with E-state index in [0.29, 0.717) is 25.2 Å². The molecule has 0 aromatic carbocycles. The van der Waals surface area contributed by atoms with Gasteiger partial charge in [0.15, 0.2) is 0 Å². The van der Waals surface area contributed by atoms with Crippen molar-refractivity contribution in [3.05, 3.63) is 0 Å². The molecule has 1 atom stereocenters. The number of aliphatic imine (C=N–C) groups is 1. The molecule has 0 spiro atoms. The highest BCUT2D eigenvalue weighted by molar-refractivity contribution is 6.27. The predicted octanol–water partition coefficient (Wildman–Crippen LogP) is -0.226. The van der Waals surface area contributed by atoms with Gasteiger partial charge in [-0.25, -0.2) is 0 Å². The van der Waals surface area contributed by atoms with Crippen molar-refractivity contribution in [2.75, 3.05) is 12.4 Å². The molecule has 6 heteroatoms. The zero-order valence-electron chi connectivity index (χ0n) is 7.24. The number of aliphatic carboxylic acids is 1. The Kier molecular flexibility index (Phi) is 6.26. The summed E-state index contributed by atoms with van der Waals surface area (Å²) < 4.78 is 0. The number of nitrogens with two attached hydrogens (primary N) is 2. The third-order valence-corrected chi connectivity index (χ3v) is 1.72. The normalized spacial score (nSPS) is 14.2. The van der Waals surface area contributed by atoms with Crippen LogP contribution in [0.15, 0.2) is 4.99 Å². The summed E-state index contributed by atoms with van der Waals surface area (Å²) >= 11 is 5.37. The van der Waals surface area contributed by atoms with Crippen LogP contribution in [0.25, 0.3) is 0 Å². The first-order valence-corrected chi connectivity index (χ1v) is 4.44. The summed E-state index contributed by atoms with van der Waals surface area (Å²) in [6.07, 6.45) is 0.999. The van der Waals surface area contributed by atoms with Gasteiger partial charge in [-0.05, 0) is 12.8 Å². The van der Waals surface area contributed by atoms with E-state index in [1.54, 1.807) is 0 Å². The lowest BCUT2D eigenvalue weighted by Gasteiger charge is -2.03. The molecule has 0 bridgehead atoms. The molecule has 5 N–H and O–H groups in total. The number of hydrogen-bond acceptors (Lipinski definition) is 3. The van der Waals surface area contributed by atoms with Crippen molar-refractivity contribution >= 4 is 23.4 Å². The third-order valence-electron chi connectivity index (χ3n) is 1.44. The first-order chi connectivity index (χ1) is 6.07. The van der Waals surface area contributed by atoms with Crippen LogP contribution in [-0.4, -0.2) is 35.4 Å². The van der Waals surface area contributed by atoms with E-state index < -0.39 is 12.0 Å². The summed E-state index contributed by atoms with van der Waals surface area (Å²) in [4.78, 5) is 14.2. The molecule has 5 nitrogen and oxygen atoms in total. The number of halogens is 1. The van der Waals surface area contributed by atoms with E-state index in [-0.39, 0.29) is 5.88 Å². The predicted molar refractivity (Wildman–Crippen MR) is 52.1 cm³/mol. The standard InChI is InChI=1S/C7H14ClN3O2/c8-4-6(10)11-3-1-2-5(9)7(12)13/h5H,1-4,9H2,(H2,10,11)(H,12,13)/t5-/m0/s1. The maximum atomic E-state index is 10.3. The molecule has 0 radical (unpaired) electrons. The summed E-state index contributed by atoms with van der Waals surface area (Å²) in [6, 6.07) is -0.813. The van der Waals surface area contributed by atoms with Crippen LogP contribution in [0.2, 0.25) is 0 Å². The van der Waals surface area contributed by atoms with Crippen molar-refractivity contribution in [3.8, 4) is 0 Å². The second-order valence-corrected chi connectivity index (χ2v) is 2.86. The molecule has 0 fully saturated rings. The molecular weight excluding hydrogens is 194 g/mol. The Labute approximate surface area is 81.8 Å². The summed E-state index contributed by atoms with van der Waals surface area (Å²) in [5.74, 6) is -0.426. The number of alkyl halides is 1. The molecule has 0 unspecified atom stereocenters. The summed E-state index contributed by atoms with van der Waals surface area (Å²) in [7, 11) is 0. The maximum absolute atomic E-state index is 10.3. The molecular formula is C7H14ClN3O2. The molecule has 0 amide bonds. The number of carboxylic acids is 1. The Morgan fingerprint density at radius 3 is 2.69 bits per heavy atom. The van der Waals surface area contributed by atoms with Gasteiger partial charge in [-0.2, -0.15) is 0 Å². The van der Waals surface area contributed by atoms with Gasteiger partial charge in [0.25, 0.3) is 0 Å². The molecule has 0 saturated heterocycles. The van der Waals surface area contributed by atoms with Crippen molar-refractivity contribution in [1.82, 2.24) is 0 Å². The molecule has 0 aliphatic carbocycles. The van der Waals surface area contributed by atoms with E-state index in [4.69, 9.17) is 28.2 Å². The number of nitrogens with zero attached hydrogens (tertiary/aromatic N) is 1. The van der Waals surface area contributed by atoms with Gasteiger partial charge in [0.2, 0.25) is 0 Å². The Morgan fingerprint density at radius 2 is 2.23 bits per heavy atom. The van der Waals surface area contributed by atoms with Crippen LogP contribution >= 0.6 is 11.6 Å². The second-order valence-electron chi connectivity index (χ2n) is 2.59. The van der Waals surface area contributed by atoms with Gasteiger partial charge in [0, 0.05) is 6.54 Å². The van der Waals surface area contributed by atoms with Crippen molar-refractivity contribution < 1.29 is 9.90 Å². The van der Waals surface area contributed by atoms with Crippen LogP contribution in [-0.2, 0) is 4.79 Å². The topological polar surface area (TPSA) is 102 Å². The van der Waals surface area contributed by atoms with E-state index in [2.05, 4.69) is 4.99 Å². The largest absolute Gasteiger partial charge is 0.480 e. The minimum absolute atomic E-state index is 0.199. The number of hydrogen-bond donors (Lipinski definition) is 3. The van der Waals surface area contributed by atoms with Crippen LogP contribution in [0.1, 0.15) is 12.8 Å². The molecule has 0 aromatic rings. The molecule has 13 heavy (non-hydrogen) atoms. The Bertz CT molecular complexity index is 196. The molecule has 0 heterocycles. The first kappa shape index (κ1) is 12.2. The lowest BCUT2D eigenvalue weighted by Crippen LogP contribution is -2.30. The average molecular weight is 208 g/mol. The zero-order chi connectivity index (χ0) is 10.3. The number of amidine groups is 1. The fourth-order valence-corrected chi connectivity index (χ4v) is 0.784. The number of carbonyl (C=O) groups is 1. The zero-order valence-corrected chi connectivity index (χ0v) is 8.00. The highest BCUT2D eigenvalue weighted by atomic mass is 35.5. The number of rotatable bonds is 6. The van der Waals surface area contributed by atoms with Gasteiger partial charge < -0.3 is 16.6 Å². The van der Waals surface area contributed by atoms with E-state index in [1.807, 2.05) is 0 Å². The van der Waals surface area contributed by atoms with Gasteiger partial charge in [-0.1, -0.05) is 0 Å². The highest BCUT2D eigenvalue weighted by Crippen LogP contribution is 1.95. The fourth-order valence-electron chi connectivity index (χ4n) is 0.700.